The highest BCUT2D eigenvalue weighted by Crippen LogP contribution is 2.18. The van der Waals surface area contributed by atoms with Crippen LogP contribution in [0.3, 0.4) is 0 Å². The molecule has 0 bridgehead atoms. The lowest BCUT2D eigenvalue weighted by molar-refractivity contribution is 0.445. The molecule has 2 heterocycles. The molecule has 0 radical (unpaired) electrons. The first-order valence-corrected chi connectivity index (χ1v) is 7.82. The van der Waals surface area contributed by atoms with Crippen LogP contribution in [0.15, 0.2) is 60.3 Å². The monoisotopic (exact) mass is 280 g/mol. The van der Waals surface area contributed by atoms with Crippen LogP contribution in [0.25, 0.3) is 0 Å². The Morgan fingerprint density at radius 1 is 1.14 bits per heavy atom. The summed E-state index contributed by atoms with van der Waals surface area (Å²) in [7, 11) is 0. The number of aromatic nitrogens is 1. The molecular formula is C19H24N2. The van der Waals surface area contributed by atoms with E-state index in [-0.39, 0.29) is 0 Å². The van der Waals surface area contributed by atoms with Crippen molar-refractivity contribution < 1.29 is 0 Å². The Balaban J connectivity index is 1.70. The zero-order chi connectivity index (χ0) is 14.7. The third-order valence-electron chi connectivity index (χ3n) is 4.18. The Labute approximate surface area is 127 Å². The summed E-state index contributed by atoms with van der Waals surface area (Å²) in [5.41, 5.74) is 4.28. The average molecular weight is 280 g/mol. The topological polar surface area (TPSA) is 17.0 Å². The maximum absolute atomic E-state index is 3.69. The van der Waals surface area contributed by atoms with Gasteiger partial charge in [-0.15, -0.1) is 0 Å². The van der Waals surface area contributed by atoms with Gasteiger partial charge in [0.15, 0.2) is 0 Å². The van der Waals surface area contributed by atoms with Gasteiger partial charge in [-0.3, -0.25) is 0 Å². The largest absolute Gasteiger partial charge is 0.347 e. The Kier molecular flexibility index (Phi) is 4.26. The van der Waals surface area contributed by atoms with Crippen molar-refractivity contribution in [3.8, 4) is 0 Å². The van der Waals surface area contributed by atoms with E-state index >= 15 is 0 Å². The van der Waals surface area contributed by atoms with E-state index in [0.717, 1.165) is 19.4 Å². The summed E-state index contributed by atoms with van der Waals surface area (Å²) < 4.78 is 2.37. The van der Waals surface area contributed by atoms with E-state index in [1.165, 1.54) is 16.8 Å². The van der Waals surface area contributed by atoms with E-state index in [4.69, 9.17) is 0 Å². The number of nitrogens with one attached hydrogen (secondary N) is 1. The minimum atomic E-state index is 0.487. The first-order valence-electron chi connectivity index (χ1n) is 7.82. The van der Waals surface area contributed by atoms with Gasteiger partial charge in [-0.2, -0.15) is 0 Å². The predicted octanol–water partition coefficient (Wildman–Crippen LogP) is 3.78. The van der Waals surface area contributed by atoms with E-state index in [1.54, 1.807) is 0 Å². The molecule has 2 nitrogen and oxygen atoms in total. The molecule has 2 aromatic rings. The predicted molar refractivity (Wildman–Crippen MR) is 88.4 cm³/mol. The van der Waals surface area contributed by atoms with Crippen molar-refractivity contribution in [1.29, 1.82) is 0 Å². The molecule has 2 unspecified atom stereocenters. The van der Waals surface area contributed by atoms with Gasteiger partial charge < -0.3 is 9.88 Å². The molecule has 0 saturated carbocycles. The van der Waals surface area contributed by atoms with Crippen molar-refractivity contribution in [2.45, 2.75) is 45.3 Å². The fourth-order valence-corrected chi connectivity index (χ4v) is 3.31. The van der Waals surface area contributed by atoms with Gasteiger partial charge in [0, 0.05) is 36.9 Å². The van der Waals surface area contributed by atoms with Crippen LogP contribution in [0.4, 0.5) is 0 Å². The molecule has 2 heteroatoms. The standard InChI is InChI=1S/C19H24N2/c1-15-11-16(2)20-18(12-15)13-19-9-6-10-21(19)14-17-7-4-3-5-8-17/h3-11,16,18,20H,12-14H2,1-2H3. The molecule has 1 aliphatic heterocycles. The maximum Gasteiger partial charge on any atom is 0.0472 e. The van der Waals surface area contributed by atoms with E-state index < -0.39 is 0 Å². The van der Waals surface area contributed by atoms with Crippen LogP contribution >= 0.6 is 0 Å². The summed E-state index contributed by atoms with van der Waals surface area (Å²) in [6.07, 6.45) is 6.77. The molecule has 0 fully saturated rings. The van der Waals surface area contributed by atoms with E-state index in [9.17, 15) is 0 Å². The molecule has 0 amide bonds. The van der Waals surface area contributed by atoms with Gasteiger partial charge in [0.25, 0.3) is 0 Å². The fraction of sp³-hybridized carbons (Fsp3) is 0.368. The summed E-state index contributed by atoms with van der Waals surface area (Å²) >= 11 is 0. The van der Waals surface area contributed by atoms with Crippen molar-refractivity contribution in [3.63, 3.8) is 0 Å². The lowest BCUT2D eigenvalue weighted by Crippen LogP contribution is -2.40. The second-order valence-electron chi connectivity index (χ2n) is 6.19. The number of nitrogens with zero attached hydrogens (tertiary/aromatic N) is 1. The minimum Gasteiger partial charge on any atom is -0.347 e. The van der Waals surface area contributed by atoms with Gasteiger partial charge in [-0.25, -0.2) is 0 Å². The second kappa shape index (κ2) is 6.31. The first kappa shape index (κ1) is 14.2. The van der Waals surface area contributed by atoms with Crippen LogP contribution < -0.4 is 5.32 Å². The maximum atomic E-state index is 3.69. The highest BCUT2D eigenvalue weighted by Gasteiger charge is 2.18. The average Bonchev–Trinajstić information content (AvgIpc) is 2.86. The zero-order valence-corrected chi connectivity index (χ0v) is 12.9. The van der Waals surface area contributed by atoms with E-state index in [1.807, 2.05) is 0 Å². The van der Waals surface area contributed by atoms with Crippen molar-refractivity contribution in [2.75, 3.05) is 0 Å². The van der Waals surface area contributed by atoms with E-state index in [2.05, 4.69) is 78.5 Å². The molecular weight excluding hydrogens is 256 g/mol. The normalized spacial score (nSPS) is 22.1. The summed E-state index contributed by atoms with van der Waals surface area (Å²) in [6.45, 7) is 5.44. The summed E-state index contributed by atoms with van der Waals surface area (Å²) in [6, 6.07) is 16.1. The summed E-state index contributed by atoms with van der Waals surface area (Å²) in [5, 5.41) is 3.69. The first-order chi connectivity index (χ1) is 10.2. The van der Waals surface area contributed by atoms with Crippen molar-refractivity contribution in [2.24, 2.45) is 0 Å². The zero-order valence-electron chi connectivity index (χ0n) is 12.9. The molecule has 0 saturated heterocycles. The van der Waals surface area contributed by atoms with Crippen LogP contribution in [0.2, 0.25) is 0 Å². The van der Waals surface area contributed by atoms with Crippen molar-refractivity contribution in [3.05, 3.63) is 71.6 Å². The van der Waals surface area contributed by atoms with Crippen molar-refractivity contribution >= 4 is 0 Å². The molecule has 1 aromatic carbocycles. The van der Waals surface area contributed by atoms with E-state index in [0.29, 0.717) is 12.1 Å². The van der Waals surface area contributed by atoms with Gasteiger partial charge in [0.2, 0.25) is 0 Å². The van der Waals surface area contributed by atoms with Gasteiger partial charge >= 0.3 is 0 Å². The van der Waals surface area contributed by atoms with Crippen molar-refractivity contribution in [1.82, 2.24) is 9.88 Å². The lowest BCUT2D eigenvalue weighted by atomic mass is 9.96. The number of rotatable bonds is 4. The molecule has 0 aliphatic carbocycles. The molecule has 0 spiro atoms. The molecule has 110 valence electrons. The lowest BCUT2D eigenvalue weighted by Gasteiger charge is -2.27. The Hall–Kier alpha value is -1.80. The van der Waals surface area contributed by atoms with Crippen LogP contribution in [-0.4, -0.2) is 16.7 Å². The quantitative estimate of drug-likeness (QED) is 0.844. The van der Waals surface area contributed by atoms with Crippen LogP contribution in [0.5, 0.6) is 0 Å². The SMILES string of the molecule is CC1=CC(C)NC(Cc2cccn2Cc2ccccc2)C1. The minimum absolute atomic E-state index is 0.487. The molecule has 1 aliphatic rings. The highest BCUT2D eigenvalue weighted by molar-refractivity contribution is 5.19. The highest BCUT2D eigenvalue weighted by atomic mass is 15.0. The Morgan fingerprint density at radius 2 is 1.95 bits per heavy atom. The number of benzene rings is 1. The van der Waals surface area contributed by atoms with Crippen LogP contribution in [-0.2, 0) is 13.0 Å². The van der Waals surface area contributed by atoms with Gasteiger partial charge in [-0.1, -0.05) is 42.0 Å². The molecule has 1 aromatic heterocycles. The Morgan fingerprint density at radius 3 is 2.71 bits per heavy atom. The summed E-state index contributed by atoms with van der Waals surface area (Å²) in [5.74, 6) is 0. The molecule has 2 atom stereocenters. The van der Waals surface area contributed by atoms with Gasteiger partial charge in [-0.05, 0) is 38.0 Å². The van der Waals surface area contributed by atoms with Crippen LogP contribution in [0, 0.1) is 0 Å². The van der Waals surface area contributed by atoms with Crippen LogP contribution in [0.1, 0.15) is 31.5 Å². The Bertz CT molecular complexity index is 610. The molecule has 21 heavy (non-hydrogen) atoms. The molecule has 3 rings (SSSR count). The molecule has 1 N–H and O–H groups in total. The van der Waals surface area contributed by atoms with Gasteiger partial charge in [0.1, 0.15) is 0 Å². The summed E-state index contributed by atoms with van der Waals surface area (Å²) in [4.78, 5) is 0. The third-order valence-corrected chi connectivity index (χ3v) is 4.18. The second-order valence-corrected chi connectivity index (χ2v) is 6.19. The fourth-order valence-electron chi connectivity index (χ4n) is 3.31. The number of hydrogen-bond acceptors (Lipinski definition) is 1. The van der Waals surface area contributed by atoms with Gasteiger partial charge in [0.05, 0.1) is 0 Å². The number of hydrogen-bond donors (Lipinski definition) is 1. The third kappa shape index (κ3) is 3.64. The smallest absolute Gasteiger partial charge is 0.0472 e.